The van der Waals surface area contributed by atoms with E-state index in [1.54, 1.807) is 19.1 Å². The highest BCUT2D eigenvalue weighted by atomic mass is 32.2. The monoisotopic (exact) mass is 423 g/mol. The fourth-order valence-electron chi connectivity index (χ4n) is 2.25. The lowest BCUT2D eigenvalue weighted by Crippen LogP contribution is -2.26. The fraction of sp³-hybridized carbons (Fsp3) is 0.389. The zero-order chi connectivity index (χ0) is 21.2. The van der Waals surface area contributed by atoms with Crippen LogP contribution in [0.1, 0.15) is 31.7 Å². The topological polar surface area (TPSA) is 147 Å². The molecule has 1 aliphatic heterocycles. The predicted octanol–water partition coefficient (Wildman–Crippen LogP) is 1.51. The van der Waals surface area contributed by atoms with Gasteiger partial charge in [-0.25, -0.2) is 0 Å². The Labute approximate surface area is 171 Å². The Balaban J connectivity index is 1.85. The highest BCUT2D eigenvalue weighted by Crippen LogP contribution is 2.24. The molecule has 0 aromatic heterocycles. The van der Waals surface area contributed by atoms with Gasteiger partial charge in [0.1, 0.15) is 16.7 Å². The van der Waals surface area contributed by atoms with E-state index in [4.69, 9.17) is 14.6 Å². The molecule has 2 rings (SSSR count). The van der Waals surface area contributed by atoms with Crippen molar-refractivity contribution in [2.24, 2.45) is 10.2 Å². The molecule has 1 heterocycles. The van der Waals surface area contributed by atoms with Crippen LogP contribution in [0.4, 0.5) is 0 Å². The Morgan fingerprint density at radius 3 is 2.86 bits per heavy atom. The van der Waals surface area contributed by atoms with Gasteiger partial charge in [-0.15, -0.1) is 5.10 Å². The summed E-state index contributed by atoms with van der Waals surface area (Å²) in [6.45, 7) is 2.39. The molecular formula is C18H21N3O7S. The molecule has 156 valence electrons. The Morgan fingerprint density at radius 1 is 1.38 bits per heavy atom. The van der Waals surface area contributed by atoms with Crippen molar-refractivity contribution in [2.75, 3.05) is 13.2 Å². The van der Waals surface area contributed by atoms with Gasteiger partial charge < -0.3 is 25.0 Å². The molecule has 1 atom stereocenters. The Morgan fingerprint density at radius 2 is 2.17 bits per heavy atom. The van der Waals surface area contributed by atoms with Crippen molar-refractivity contribution < 1.29 is 34.1 Å². The number of carboxylic acid groups (broad SMARTS) is 1. The maximum atomic E-state index is 11.6. The molecule has 0 spiro atoms. The molecule has 1 unspecified atom stereocenters. The number of aromatic hydroxyl groups is 1. The number of aliphatic carboxylic acids is 1. The number of thioether (sulfide) groups is 1. The van der Waals surface area contributed by atoms with E-state index in [-0.39, 0.29) is 29.7 Å². The number of benzene rings is 1. The van der Waals surface area contributed by atoms with E-state index in [9.17, 15) is 19.5 Å². The van der Waals surface area contributed by atoms with Crippen LogP contribution in [0.15, 0.2) is 28.4 Å². The number of nitrogens with one attached hydrogen (secondary N) is 1. The van der Waals surface area contributed by atoms with Crippen LogP contribution in [0.5, 0.6) is 11.5 Å². The van der Waals surface area contributed by atoms with Crippen LogP contribution in [-0.4, -0.2) is 57.9 Å². The smallest absolute Gasteiger partial charge is 0.305 e. The van der Waals surface area contributed by atoms with Crippen molar-refractivity contribution in [3.63, 3.8) is 0 Å². The highest BCUT2D eigenvalue weighted by molar-refractivity contribution is 8.15. The number of phenolic OH excluding ortho intramolecular Hbond substituents is 1. The van der Waals surface area contributed by atoms with Crippen molar-refractivity contribution in [1.29, 1.82) is 0 Å². The molecule has 3 N–H and O–H groups in total. The van der Waals surface area contributed by atoms with Gasteiger partial charge in [-0.2, -0.15) is 5.10 Å². The Bertz CT molecular complexity index is 826. The summed E-state index contributed by atoms with van der Waals surface area (Å²) in [5.74, 6) is -1.43. The van der Waals surface area contributed by atoms with Crippen LogP contribution in [0.25, 0.3) is 0 Å². The molecule has 10 nitrogen and oxygen atoms in total. The van der Waals surface area contributed by atoms with E-state index < -0.39 is 17.1 Å². The number of hydrogen-bond donors (Lipinski definition) is 3. The molecule has 1 aromatic carbocycles. The molecule has 1 amide bonds. The molecule has 0 radical (unpaired) electrons. The molecule has 29 heavy (non-hydrogen) atoms. The molecule has 1 saturated heterocycles. The number of hydrogen-bond acceptors (Lipinski definition) is 9. The summed E-state index contributed by atoms with van der Waals surface area (Å²) < 4.78 is 10.3. The third-order valence-electron chi connectivity index (χ3n) is 3.58. The van der Waals surface area contributed by atoms with Crippen molar-refractivity contribution in [3.05, 3.63) is 23.8 Å². The lowest BCUT2D eigenvalue weighted by atomic mass is 10.2. The lowest BCUT2D eigenvalue weighted by molar-refractivity contribution is -0.143. The van der Waals surface area contributed by atoms with E-state index in [0.717, 1.165) is 11.8 Å². The number of carbonyl (C=O) groups is 3. The SMILES string of the molecule is CCOC(=O)CCCOc1ccc(C=NN=C2NC(=O)C(CC(=O)O)S2)c(O)c1. The van der Waals surface area contributed by atoms with E-state index >= 15 is 0 Å². The summed E-state index contributed by atoms with van der Waals surface area (Å²) in [6.07, 6.45) is 1.74. The number of amidine groups is 1. The van der Waals surface area contributed by atoms with Gasteiger partial charge >= 0.3 is 11.9 Å². The van der Waals surface area contributed by atoms with E-state index in [2.05, 4.69) is 15.5 Å². The molecule has 11 heteroatoms. The van der Waals surface area contributed by atoms with Crippen LogP contribution in [0, 0.1) is 0 Å². The summed E-state index contributed by atoms with van der Waals surface area (Å²) in [4.78, 5) is 33.5. The number of phenols is 1. The highest BCUT2D eigenvalue weighted by Gasteiger charge is 2.32. The Hall–Kier alpha value is -3.08. The minimum atomic E-state index is -1.07. The van der Waals surface area contributed by atoms with Gasteiger partial charge in [0.2, 0.25) is 5.91 Å². The summed E-state index contributed by atoms with van der Waals surface area (Å²) in [5, 5.41) is 28.3. The van der Waals surface area contributed by atoms with Gasteiger partial charge in [0.05, 0.1) is 25.8 Å². The number of amides is 1. The van der Waals surface area contributed by atoms with Crippen molar-refractivity contribution in [3.8, 4) is 11.5 Å². The maximum Gasteiger partial charge on any atom is 0.305 e. The fourth-order valence-corrected chi connectivity index (χ4v) is 3.17. The number of ether oxygens (including phenoxy) is 2. The minimum absolute atomic E-state index is 0.0799. The van der Waals surface area contributed by atoms with Gasteiger partial charge in [0.25, 0.3) is 0 Å². The van der Waals surface area contributed by atoms with E-state index in [1.165, 1.54) is 12.3 Å². The first-order valence-electron chi connectivity index (χ1n) is 8.80. The number of nitrogens with zero attached hydrogens (tertiary/aromatic N) is 2. The molecule has 0 bridgehead atoms. The molecular weight excluding hydrogens is 402 g/mol. The maximum absolute atomic E-state index is 11.6. The first kappa shape index (κ1) is 22.2. The number of esters is 1. The summed E-state index contributed by atoms with van der Waals surface area (Å²) in [7, 11) is 0. The zero-order valence-corrected chi connectivity index (χ0v) is 16.5. The number of carboxylic acids is 1. The number of carbonyl (C=O) groups excluding carboxylic acids is 2. The molecule has 0 saturated carbocycles. The third-order valence-corrected chi connectivity index (χ3v) is 4.66. The molecule has 1 aliphatic rings. The quantitative estimate of drug-likeness (QED) is 0.222. The predicted molar refractivity (Wildman–Crippen MR) is 106 cm³/mol. The van der Waals surface area contributed by atoms with Gasteiger partial charge in [0, 0.05) is 18.1 Å². The molecule has 1 aromatic rings. The van der Waals surface area contributed by atoms with Gasteiger partial charge in [-0.1, -0.05) is 11.8 Å². The first-order chi connectivity index (χ1) is 13.9. The Kier molecular flexibility index (Phi) is 8.46. The van der Waals surface area contributed by atoms with Gasteiger partial charge in [-0.3, -0.25) is 14.4 Å². The summed E-state index contributed by atoms with van der Waals surface area (Å²) in [6, 6.07) is 4.62. The van der Waals surface area contributed by atoms with Crippen LogP contribution >= 0.6 is 11.8 Å². The molecule has 1 fully saturated rings. The van der Waals surface area contributed by atoms with Gasteiger partial charge in [-0.05, 0) is 25.5 Å². The average Bonchev–Trinajstić information content (AvgIpc) is 2.99. The minimum Gasteiger partial charge on any atom is -0.507 e. The second-order valence-electron chi connectivity index (χ2n) is 5.82. The van der Waals surface area contributed by atoms with Crippen LogP contribution in [0.3, 0.4) is 0 Å². The second-order valence-corrected chi connectivity index (χ2v) is 7.01. The summed E-state index contributed by atoms with van der Waals surface area (Å²) in [5.41, 5.74) is 0.379. The van der Waals surface area contributed by atoms with Crippen LogP contribution in [-0.2, 0) is 19.1 Å². The summed E-state index contributed by atoms with van der Waals surface area (Å²) >= 11 is 0.984. The number of rotatable bonds is 10. The van der Waals surface area contributed by atoms with Crippen LogP contribution in [0.2, 0.25) is 0 Å². The largest absolute Gasteiger partial charge is 0.507 e. The van der Waals surface area contributed by atoms with Crippen molar-refractivity contribution in [1.82, 2.24) is 5.32 Å². The van der Waals surface area contributed by atoms with E-state index in [0.29, 0.717) is 30.9 Å². The zero-order valence-electron chi connectivity index (χ0n) is 15.7. The lowest BCUT2D eigenvalue weighted by Gasteiger charge is -2.07. The van der Waals surface area contributed by atoms with E-state index in [1.807, 2.05) is 0 Å². The van der Waals surface area contributed by atoms with Crippen molar-refractivity contribution in [2.45, 2.75) is 31.4 Å². The van der Waals surface area contributed by atoms with Gasteiger partial charge in [0.15, 0.2) is 5.17 Å². The first-order valence-corrected chi connectivity index (χ1v) is 9.68. The third kappa shape index (κ3) is 7.45. The molecule has 0 aliphatic carbocycles. The average molecular weight is 423 g/mol. The second kappa shape index (κ2) is 11.1. The van der Waals surface area contributed by atoms with Crippen molar-refractivity contribution >= 4 is 41.0 Å². The standard InChI is InChI=1S/C18H21N3O7S/c1-2-27-16(25)4-3-7-28-12-6-5-11(13(22)8-12)10-19-21-18-20-17(26)14(29-18)9-15(23)24/h5-6,8,10,14,22H,2-4,7,9H2,1H3,(H,23,24)(H,20,21,26). The normalized spacial score (nSPS) is 17.5. The van der Waals surface area contributed by atoms with Crippen LogP contribution < -0.4 is 10.1 Å².